The molecule has 0 amide bonds. The number of hydrogen-bond donors (Lipinski definition) is 2. The molecule has 0 aromatic heterocycles. The highest BCUT2D eigenvalue weighted by Gasteiger charge is 2.26. The van der Waals surface area contributed by atoms with Crippen molar-refractivity contribution < 1.29 is 13.9 Å². The first kappa shape index (κ1) is 12.4. The summed E-state index contributed by atoms with van der Waals surface area (Å²) in [7, 11) is 0. The lowest BCUT2D eigenvalue weighted by Crippen LogP contribution is -2.35. The summed E-state index contributed by atoms with van der Waals surface area (Å²) < 4.78 is 25.2. The molecular formula is C10H12ClF2NO. The molecule has 1 aromatic rings. The Morgan fingerprint density at radius 2 is 2.00 bits per heavy atom. The zero-order valence-corrected chi connectivity index (χ0v) is 8.77. The molecule has 0 saturated carbocycles. The molecule has 0 atom stereocenters. The van der Waals surface area contributed by atoms with E-state index in [1.807, 2.05) is 0 Å². The number of alkyl halides is 2. The molecule has 5 heteroatoms. The second-order valence-corrected chi connectivity index (χ2v) is 3.62. The minimum absolute atomic E-state index is 0.259. The molecule has 0 unspecified atom stereocenters. The number of aliphatic hydroxyl groups is 1. The van der Waals surface area contributed by atoms with Gasteiger partial charge >= 0.3 is 0 Å². The van der Waals surface area contributed by atoms with E-state index in [2.05, 4.69) is 5.32 Å². The maximum atomic E-state index is 12.6. The first-order valence-corrected chi connectivity index (χ1v) is 4.86. The predicted octanol–water partition coefficient (Wildman–Crippen LogP) is 2.06. The van der Waals surface area contributed by atoms with Crippen molar-refractivity contribution in [2.75, 3.05) is 13.2 Å². The van der Waals surface area contributed by atoms with E-state index in [9.17, 15) is 8.78 Å². The van der Waals surface area contributed by atoms with Crippen LogP contribution in [0.5, 0.6) is 0 Å². The SMILES string of the molecule is OCC(F)(F)CNCc1ccccc1Cl. The Kier molecular flexibility index (Phi) is 4.45. The quantitative estimate of drug-likeness (QED) is 0.819. The van der Waals surface area contributed by atoms with E-state index in [-0.39, 0.29) is 6.54 Å². The molecule has 84 valence electrons. The molecule has 0 radical (unpaired) electrons. The molecule has 0 saturated heterocycles. The third-order valence-electron chi connectivity index (χ3n) is 1.89. The van der Waals surface area contributed by atoms with E-state index in [1.54, 1.807) is 24.3 Å². The maximum absolute atomic E-state index is 12.6. The maximum Gasteiger partial charge on any atom is 0.282 e. The second-order valence-electron chi connectivity index (χ2n) is 3.21. The molecule has 0 heterocycles. The molecule has 1 rings (SSSR count). The summed E-state index contributed by atoms with van der Waals surface area (Å²) in [5, 5.41) is 11.4. The minimum atomic E-state index is -3.08. The molecule has 2 N–H and O–H groups in total. The van der Waals surface area contributed by atoms with Gasteiger partial charge in [-0.1, -0.05) is 29.8 Å². The van der Waals surface area contributed by atoms with Crippen molar-refractivity contribution in [2.24, 2.45) is 0 Å². The molecule has 0 bridgehead atoms. The molecule has 0 spiro atoms. The monoisotopic (exact) mass is 235 g/mol. The number of aliphatic hydroxyl groups excluding tert-OH is 1. The summed E-state index contributed by atoms with van der Waals surface area (Å²) in [5.41, 5.74) is 0.757. The Hall–Kier alpha value is -0.710. The van der Waals surface area contributed by atoms with Crippen LogP contribution in [0.25, 0.3) is 0 Å². The van der Waals surface area contributed by atoms with Crippen LogP contribution < -0.4 is 5.32 Å². The van der Waals surface area contributed by atoms with Gasteiger partial charge in [0, 0.05) is 11.6 Å². The third kappa shape index (κ3) is 4.11. The van der Waals surface area contributed by atoms with Gasteiger partial charge in [0.2, 0.25) is 0 Å². The average molecular weight is 236 g/mol. The molecule has 2 nitrogen and oxygen atoms in total. The Labute approximate surface area is 91.9 Å². The van der Waals surface area contributed by atoms with Gasteiger partial charge in [0.1, 0.15) is 6.61 Å². The molecule has 0 aliphatic heterocycles. The second kappa shape index (κ2) is 5.39. The van der Waals surface area contributed by atoms with E-state index < -0.39 is 19.1 Å². The van der Waals surface area contributed by atoms with Gasteiger partial charge < -0.3 is 10.4 Å². The first-order valence-electron chi connectivity index (χ1n) is 4.48. The first-order chi connectivity index (χ1) is 7.05. The Morgan fingerprint density at radius 1 is 1.33 bits per heavy atom. The fourth-order valence-electron chi connectivity index (χ4n) is 1.08. The van der Waals surface area contributed by atoms with Crippen LogP contribution in [-0.4, -0.2) is 24.2 Å². The Morgan fingerprint density at radius 3 is 2.60 bits per heavy atom. The van der Waals surface area contributed by atoms with Crippen LogP contribution in [0.1, 0.15) is 5.56 Å². The van der Waals surface area contributed by atoms with Crippen LogP contribution in [0.2, 0.25) is 5.02 Å². The van der Waals surface area contributed by atoms with E-state index in [0.29, 0.717) is 5.02 Å². The summed E-state index contributed by atoms with van der Waals surface area (Å²) in [6.07, 6.45) is 0. The van der Waals surface area contributed by atoms with Crippen LogP contribution >= 0.6 is 11.6 Å². The van der Waals surface area contributed by atoms with Gasteiger partial charge in [-0.05, 0) is 11.6 Å². The summed E-state index contributed by atoms with van der Waals surface area (Å²) in [5.74, 6) is -3.08. The van der Waals surface area contributed by atoms with E-state index in [4.69, 9.17) is 16.7 Å². The Balaban J connectivity index is 2.42. The lowest BCUT2D eigenvalue weighted by molar-refractivity contribution is -0.0477. The molecular weight excluding hydrogens is 224 g/mol. The van der Waals surface area contributed by atoms with Crippen molar-refractivity contribution in [1.82, 2.24) is 5.32 Å². The van der Waals surface area contributed by atoms with Crippen molar-refractivity contribution >= 4 is 11.6 Å². The predicted molar refractivity (Wildman–Crippen MR) is 55.2 cm³/mol. The highest BCUT2D eigenvalue weighted by Crippen LogP contribution is 2.15. The lowest BCUT2D eigenvalue weighted by atomic mass is 10.2. The average Bonchev–Trinajstić information content (AvgIpc) is 2.21. The number of nitrogens with one attached hydrogen (secondary N) is 1. The van der Waals surface area contributed by atoms with Crippen molar-refractivity contribution in [1.29, 1.82) is 0 Å². The number of rotatable bonds is 5. The molecule has 1 aromatic carbocycles. The van der Waals surface area contributed by atoms with Gasteiger partial charge in [-0.15, -0.1) is 0 Å². The van der Waals surface area contributed by atoms with Crippen molar-refractivity contribution in [3.63, 3.8) is 0 Å². The van der Waals surface area contributed by atoms with Crippen LogP contribution in [0, 0.1) is 0 Å². The number of benzene rings is 1. The van der Waals surface area contributed by atoms with Gasteiger partial charge in [-0.3, -0.25) is 0 Å². The van der Waals surface area contributed by atoms with Crippen molar-refractivity contribution in [2.45, 2.75) is 12.5 Å². The topological polar surface area (TPSA) is 32.3 Å². The van der Waals surface area contributed by atoms with E-state index >= 15 is 0 Å². The van der Waals surface area contributed by atoms with Crippen molar-refractivity contribution in [3.05, 3.63) is 34.9 Å². The summed E-state index contributed by atoms with van der Waals surface area (Å²) >= 11 is 5.83. The van der Waals surface area contributed by atoms with Crippen LogP contribution in [-0.2, 0) is 6.54 Å². The van der Waals surface area contributed by atoms with Gasteiger partial charge in [-0.2, -0.15) is 0 Å². The van der Waals surface area contributed by atoms with Gasteiger partial charge in [0.15, 0.2) is 0 Å². The number of hydrogen-bond acceptors (Lipinski definition) is 2. The number of halogens is 3. The van der Waals surface area contributed by atoms with Crippen LogP contribution in [0.15, 0.2) is 24.3 Å². The zero-order valence-electron chi connectivity index (χ0n) is 8.01. The normalized spacial score (nSPS) is 11.7. The third-order valence-corrected chi connectivity index (χ3v) is 2.26. The van der Waals surface area contributed by atoms with Crippen LogP contribution in [0.3, 0.4) is 0 Å². The summed E-state index contributed by atoms with van der Waals surface area (Å²) in [6, 6.07) is 7.01. The van der Waals surface area contributed by atoms with E-state index in [0.717, 1.165) is 5.56 Å². The molecule has 0 aliphatic carbocycles. The van der Waals surface area contributed by atoms with E-state index in [1.165, 1.54) is 0 Å². The molecule has 15 heavy (non-hydrogen) atoms. The van der Waals surface area contributed by atoms with Crippen LogP contribution in [0.4, 0.5) is 8.78 Å². The standard InChI is InChI=1S/C10H12ClF2NO/c11-9-4-2-1-3-8(9)5-14-6-10(12,13)7-15/h1-4,14-15H,5-7H2. The highest BCUT2D eigenvalue weighted by molar-refractivity contribution is 6.31. The summed E-state index contributed by atoms with van der Waals surface area (Å²) in [6.45, 7) is -1.45. The smallest absolute Gasteiger partial charge is 0.282 e. The van der Waals surface area contributed by atoms with Gasteiger partial charge in [0.05, 0.1) is 6.54 Å². The fraction of sp³-hybridized carbons (Fsp3) is 0.400. The Bertz CT molecular complexity index is 320. The molecule has 0 aliphatic rings. The lowest BCUT2D eigenvalue weighted by Gasteiger charge is -2.14. The minimum Gasteiger partial charge on any atom is -0.390 e. The summed E-state index contributed by atoms with van der Waals surface area (Å²) in [4.78, 5) is 0. The highest BCUT2D eigenvalue weighted by atomic mass is 35.5. The largest absolute Gasteiger partial charge is 0.390 e. The zero-order chi connectivity index (χ0) is 11.3. The molecule has 0 fully saturated rings. The van der Waals surface area contributed by atoms with Gasteiger partial charge in [0.25, 0.3) is 5.92 Å². The van der Waals surface area contributed by atoms with Gasteiger partial charge in [-0.25, -0.2) is 8.78 Å². The van der Waals surface area contributed by atoms with Crippen molar-refractivity contribution in [3.8, 4) is 0 Å². The fourth-order valence-corrected chi connectivity index (χ4v) is 1.28.